The number of nitrogens with two attached hydrogens (primary N) is 1. The van der Waals surface area contributed by atoms with Gasteiger partial charge < -0.3 is 5.73 Å². The molecule has 19 heavy (non-hydrogen) atoms. The second kappa shape index (κ2) is 5.38. The van der Waals surface area contributed by atoms with Crippen molar-refractivity contribution in [3.8, 4) is 0 Å². The average Bonchev–Trinajstić information content (AvgIpc) is 2.63. The van der Waals surface area contributed by atoms with E-state index in [1.165, 1.54) is 18.2 Å². The van der Waals surface area contributed by atoms with E-state index in [9.17, 15) is 8.42 Å². The molecule has 0 aliphatic carbocycles. The zero-order valence-corrected chi connectivity index (χ0v) is 13.1. The van der Waals surface area contributed by atoms with E-state index in [-0.39, 0.29) is 24.3 Å². The van der Waals surface area contributed by atoms with Gasteiger partial charge in [-0.3, -0.25) is 4.72 Å². The zero-order chi connectivity index (χ0) is 14.2. The van der Waals surface area contributed by atoms with Crippen LogP contribution in [0.3, 0.4) is 0 Å². The molecule has 0 fully saturated rings. The lowest BCUT2D eigenvalue weighted by molar-refractivity contribution is 0.601. The molecule has 0 unspecified atom stereocenters. The Bertz CT molecular complexity index is 728. The largest absolute Gasteiger partial charge is 0.399 e. The number of halogens is 3. The summed E-state index contributed by atoms with van der Waals surface area (Å²) in [5, 5.41) is 0.232. The van der Waals surface area contributed by atoms with E-state index in [4.69, 9.17) is 40.5 Å². The summed E-state index contributed by atoms with van der Waals surface area (Å²) < 4.78 is 27.0. The highest BCUT2D eigenvalue weighted by atomic mass is 35.5. The summed E-state index contributed by atoms with van der Waals surface area (Å²) in [4.78, 5) is -0.0948. The molecule has 1 heterocycles. The maximum absolute atomic E-state index is 12.2. The van der Waals surface area contributed by atoms with Gasteiger partial charge in [0.2, 0.25) is 0 Å². The zero-order valence-electron chi connectivity index (χ0n) is 9.15. The normalized spacial score (nSPS) is 11.5. The van der Waals surface area contributed by atoms with Crippen molar-refractivity contribution in [1.82, 2.24) is 0 Å². The van der Waals surface area contributed by atoms with Crippen LogP contribution in [0.4, 0.5) is 11.4 Å². The fraction of sp³-hybridized carbons (Fsp3) is 0. The van der Waals surface area contributed by atoms with Gasteiger partial charge in [0.1, 0.15) is 9.23 Å². The first-order valence-corrected chi connectivity index (χ1v) is 8.25. The summed E-state index contributed by atoms with van der Waals surface area (Å²) in [5.41, 5.74) is 6.15. The van der Waals surface area contributed by atoms with Gasteiger partial charge in [-0.1, -0.05) is 34.8 Å². The third-order valence-electron chi connectivity index (χ3n) is 2.15. The third-order valence-corrected chi connectivity index (χ3v) is 5.60. The number of anilines is 2. The molecule has 3 N–H and O–H groups in total. The van der Waals surface area contributed by atoms with Crippen LogP contribution in [0.15, 0.2) is 29.2 Å². The summed E-state index contributed by atoms with van der Waals surface area (Å²) in [7, 11) is -3.86. The second-order valence-electron chi connectivity index (χ2n) is 3.53. The molecule has 9 heteroatoms. The number of nitrogen functional groups attached to an aromatic ring is 1. The van der Waals surface area contributed by atoms with Gasteiger partial charge in [0.05, 0.1) is 15.0 Å². The van der Waals surface area contributed by atoms with E-state index in [1.807, 2.05) is 0 Å². The smallest absolute Gasteiger partial charge is 0.264 e. The van der Waals surface area contributed by atoms with Crippen LogP contribution in [-0.2, 0) is 10.0 Å². The van der Waals surface area contributed by atoms with Crippen molar-refractivity contribution in [2.75, 3.05) is 10.5 Å². The Balaban J connectivity index is 2.42. The summed E-state index contributed by atoms with van der Waals surface area (Å²) in [6, 6.07) is 5.75. The van der Waals surface area contributed by atoms with Crippen LogP contribution in [0, 0.1) is 0 Å². The molecule has 0 radical (unpaired) electrons. The van der Waals surface area contributed by atoms with Gasteiger partial charge >= 0.3 is 0 Å². The summed E-state index contributed by atoms with van der Waals surface area (Å²) >= 11 is 18.4. The molecule has 0 atom stereocenters. The lowest BCUT2D eigenvalue weighted by Gasteiger charge is -2.09. The summed E-state index contributed by atoms with van der Waals surface area (Å²) in [6.07, 6.45) is 0. The van der Waals surface area contributed by atoms with E-state index in [0.29, 0.717) is 5.69 Å². The van der Waals surface area contributed by atoms with Gasteiger partial charge in [-0.2, -0.15) is 0 Å². The Morgan fingerprint density at radius 1 is 1.16 bits per heavy atom. The molecule has 4 nitrogen and oxygen atoms in total. The lowest BCUT2D eigenvalue weighted by Crippen LogP contribution is -2.13. The van der Waals surface area contributed by atoms with Crippen molar-refractivity contribution >= 4 is 67.5 Å². The molecule has 0 spiro atoms. The molecule has 0 bridgehead atoms. The number of hydrogen-bond donors (Lipinski definition) is 2. The number of sulfonamides is 1. The highest BCUT2D eigenvalue weighted by Gasteiger charge is 2.22. The van der Waals surface area contributed by atoms with Crippen LogP contribution in [0.25, 0.3) is 0 Å². The van der Waals surface area contributed by atoms with Crippen LogP contribution in [0.2, 0.25) is 13.7 Å². The highest BCUT2D eigenvalue weighted by molar-refractivity contribution is 7.93. The monoisotopic (exact) mass is 356 g/mol. The first-order chi connectivity index (χ1) is 8.79. The van der Waals surface area contributed by atoms with Crippen molar-refractivity contribution in [1.29, 1.82) is 0 Å². The molecule has 2 aromatic rings. The minimum atomic E-state index is -3.86. The molecular formula is C10H7Cl3N2O2S2. The van der Waals surface area contributed by atoms with Crippen LogP contribution in [0.1, 0.15) is 0 Å². The fourth-order valence-electron chi connectivity index (χ4n) is 1.33. The van der Waals surface area contributed by atoms with Crippen molar-refractivity contribution in [2.24, 2.45) is 0 Å². The second-order valence-corrected chi connectivity index (χ2v) is 7.88. The fourth-order valence-corrected chi connectivity index (χ4v) is 4.77. The first kappa shape index (κ1) is 14.7. The summed E-state index contributed by atoms with van der Waals surface area (Å²) in [6.45, 7) is 0. The molecular weight excluding hydrogens is 351 g/mol. The minimum Gasteiger partial charge on any atom is -0.399 e. The van der Waals surface area contributed by atoms with Gasteiger partial charge in [-0.15, -0.1) is 11.3 Å². The third kappa shape index (κ3) is 3.27. The van der Waals surface area contributed by atoms with Gasteiger partial charge in [0.25, 0.3) is 10.0 Å². The maximum Gasteiger partial charge on any atom is 0.264 e. The average molecular weight is 358 g/mol. The minimum absolute atomic E-state index is 0.0810. The van der Waals surface area contributed by atoms with E-state index in [1.54, 1.807) is 6.07 Å². The number of nitrogens with one attached hydrogen (secondary N) is 1. The number of thiophene rings is 1. The number of rotatable bonds is 3. The van der Waals surface area contributed by atoms with Gasteiger partial charge in [0, 0.05) is 5.69 Å². The number of benzene rings is 1. The molecule has 0 aliphatic rings. The highest BCUT2D eigenvalue weighted by Crippen LogP contribution is 2.36. The predicted octanol–water partition coefficient (Wildman–Crippen LogP) is 4.09. The number of hydrogen-bond acceptors (Lipinski definition) is 4. The van der Waals surface area contributed by atoms with Crippen LogP contribution in [-0.4, -0.2) is 8.42 Å². The molecule has 0 aliphatic heterocycles. The van der Waals surface area contributed by atoms with Crippen molar-refractivity contribution in [2.45, 2.75) is 4.90 Å². The molecule has 102 valence electrons. The SMILES string of the molecule is Nc1ccc(Cl)c(NS(=O)(=O)c2cc(Cl)sc2Cl)c1. The molecule has 0 amide bonds. The maximum atomic E-state index is 12.2. The Hall–Kier alpha value is -0.660. The molecule has 1 aromatic carbocycles. The standard InChI is InChI=1S/C10H7Cl3N2O2S2/c11-6-2-1-5(14)3-7(6)15-19(16,17)8-4-9(12)18-10(8)13/h1-4,15H,14H2. The first-order valence-electron chi connectivity index (χ1n) is 4.82. The summed E-state index contributed by atoms with van der Waals surface area (Å²) in [5.74, 6) is 0. The Morgan fingerprint density at radius 2 is 1.84 bits per heavy atom. The van der Waals surface area contributed by atoms with E-state index >= 15 is 0 Å². The molecule has 0 saturated carbocycles. The van der Waals surface area contributed by atoms with Crippen molar-refractivity contribution in [3.63, 3.8) is 0 Å². The predicted molar refractivity (Wildman–Crippen MR) is 81.0 cm³/mol. The Morgan fingerprint density at radius 3 is 2.42 bits per heavy atom. The van der Waals surface area contributed by atoms with Gasteiger partial charge in [-0.25, -0.2) is 8.42 Å². The van der Waals surface area contributed by atoms with Crippen LogP contribution < -0.4 is 10.5 Å². The molecule has 0 saturated heterocycles. The Labute approximate surface area is 129 Å². The van der Waals surface area contributed by atoms with Gasteiger partial charge in [-0.05, 0) is 24.3 Å². The van der Waals surface area contributed by atoms with E-state index < -0.39 is 10.0 Å². The Kier molecular flexibility index (Phi) is 4.17. The van der Waals surface area contributed by atoms with E-state index in [0.717, 1.165) is 11.3 Å². The van der Waals surface area contributed by atoms with Crippen LogP contribution in [0.5, 0.6) is 0 Å². The lowest BCUT2D eigenvalue weighted by atomic mass is 10.3. The topological polar surface area (TPSA) is 72.2 Å². The van der Waals surface area contributed by atoms with Crippen LogP contribution >= 0.6 is 46.1 Å². The quantitative estimate of drug-likeness (QED) is 0.813. The van der Waals surface area contributed by atoms with Gasteiger partial charge in [0.15, 0.2) is 0 Å². The van der Waals surface area contributed by atoms with Crippen molar-refractivity contribution in [3.05, 3.63) is 38.0 Å². The molecule has 1 aromatic heterocycles. The van der Waals surface area contributed by atoms with Crippen molar-refractivity contribution < 1.29 is 8.42 Å². The van der Waals surface area contributed by atoms with E-state index in [2.05, 4.69) is 4.72 Å². The molecule has 2 rings (SSSR count).